The number of amides is 1. The molecule has 2 rings (SSSR count). The number of esters is 1. The average molecular weight is 289 g/mol. The van der Waals surface area contributed by atoms with Crippen molar-refractivity contribution in [3.05, 3.63) is 35.6 Å². The molecule has 1 aromatic carbocycles. The molecule has 0 saturated carbocycles. The molecule has 0 aliphatic rings. The molecule has 5 heteroatoms. The number of ether oxygens (including phenoxy) is 1. The summed E-state index contributed by atoms with van der Waals surface area (Å²) in [4.78, 5) is 23.6. The van der Waals surface area contributed by atoms with Gasteiger partial charge in [-0.3, -0.25) is 4.79 Å². The van der Waals surface area contributed by atoms with Crippen LogP contribution in [0.1, 0.15) is 36.9 Å². The Hall–Kier alpha value is -2.30. The monoisotopic (exact) mass is 289 g/mol. The zero-order valence-electron chi connectivity index (χ0n) is 12.6. The molecule has 1 heterocycles. The quantitative estimate of drug-likeness (QED) is 0.882. The van der Waals surface area contributed by atoms with Crippen LogP contribution in [0.3, 0.4) is 0 Å². The van der Waals surface area contributed by atoms with Crippen LogP contribution >= 0.6 is 0 Å². The molecule has 21 heavy (non-hydrogen) atoms. The molecular weight excluding hydrogens is 270 g/mol. The highest BCUT2D eigenvalue weighted by molar-refractivity contribution is 5.96. The normalized spacial score (nSPS) is 11.4. The van der Waals surface area contributed by atoms with Crippen molar-refractivity contribution in [2.45, 2.75) is 33.2 Å². The van der Waals surface area contributed by atoms with Crippen molar-refractivity contribution in [2.24, 2.45) is 0 Å². The SMILES string of the molecule is Cc1c(C(=O)OCC(=O)NC(C)(C)C)oc2ccccc12. The smallest absolute Gasteiger partial charge is 0.375 e. The standard InChI is InChI=1S/C16H19NO4/c1-10-11-7-5-6-8-12(11)21-14(10)15(19)20-9-13(18)17-16(2,3)4/h5-8H,9H2,1-4H3,(H,17,18). The number of aryl methyl sites for hydroxylation is 1. The van der Waals surface area contributed by atoms with Gasteiger partial charge in [0.1, 0.15) is 5.58 Å². The van der Waals surface area contributed by atoms with Crippen LogP contribution in [0.4, 0.5) is 0 Å². The van der Waals surface area contributed by atoms with Gasteiger partial charge in [0.2, 0.25) is 5.76 Å². The van der Waals surface area contributed by atoms with Crippen molar-refractivity contribution < 1.29 is 18.7 Å². The number of benzene rings is 1. The van der Waals surface area contributed by atoms with Crippen LogP contribution in [-0.2, 0) is 9.53 Å². The molecule has 112 valence electrons. The van der Waals surface area contributed by atoms with Crippen molar-refractivity contribution in [2.75, 3.05) is 6.61 Å². The highest BCUT2D eigenvalue weighted by atomic mass is 16.5. The Morgan fingerprint density at radius 1 is 1.24 bits per heavy atom. The lowest BCUT2D eigenvalue weighted by Gasteiger charge is -2.20. The first-order valence-electron chi connectivity index (χ1n) is 6.74. The Labute approximate surface area is 123 Å². The van der Waals surface area contributed by atoms with E-state index in [2.05, 4.69) is 5.32 Å². The largest absolute Gasteiger partial charge is 0.450 e. The van der Waals surface area contributed by atoms with Crippen molar-refractivity contribution in [3.63, 3.8) is 0 Å². The fourth-order valence-electron chi connectivity index (χ4n) is 2.02. The van der Waals surface area contributed by atoms with E-state index in [1.54, 1.807) is 13.0 Å². The predicted molar refractivity (Wildman–Crippen MR) is 79.1 cm³/mol. The number of para-hydroxylation sites is 1. The van der Waals surface area contributed by atoms with Gasteiger partial charge in [-0.05, 0) is 33.8 Å². The average Bonchev–Trinajstić information content (AvgIpc) is 2.72. The van der Waals surface area contributed by atoms with Crippen LogP contribution in [0.15, 0.2) is 28.7 Å². The van der Waals surface area contributed by atoms with Crippen LogP contribution in [-0.4, -0.2) is 24.0 Å². The number of carbonyl (C=O) groups excluding carboxylic acids is 2. The molecule has 0 spiro atoms. The van der Waals surface area contributed by atoms with Gasteiger partial charge in [0.05, 0.1) is 0 Å². The molecule has 0 aliphatic carbocycles. The molecule has 0 saturated heterocycles. The second kappa shape index (κ2) is 5.60. The summed E-state index contributed by atoms with van der Waals surface area (Å²) in [6.45, 7) is 7.03. The van der Waals surface area contributed by atoms with E-state index in [9.17, 15) is 9.59 Å². The highest BCUT2D eigenvalue weighted by Crippen LogP contribution is 2.25. The van der Waals surface area contributed by atoms with E-state index in [0.717, 1.165) is 5.39 Å². The maximum atomic E-state index is 12.0. The molecule has 1 amide bonds. The molecule has 0 aliphatic heterocycles. The van der Waals surface area contributed by atoms with Gasteiger partial charge in [-0.15, -0.1) is 0 Å². The fourth-order valence-corrected chi connectivity index (χ4v) is 2.02. The van der Waals surface area contributed by atoms with Gasteiger partial charge in [-0.1, -0.05) is 18.2 Å². The topological polar surface area (TPSA) is 68.5 Å². The van der Waals surface area contributed by atoms with Crippen LogP contribution < -0.4 is 5.32 Å². The number of furan rings is 1. The molecule has 0 radical (unpaired) electrons. The second-order valence-corrected chi connectivity index (χ2v) is 5.93. The number of carbonyl (C=O) groups is 2. The summed E-state index contributed by atoms with van der Waals surface area (Å²) < 4.78 is 10.5. The molecule has 5 nitrogen and oxygen atoms in total. The van der Waals surface area contributed by atoms with Gasteiger partial charge >= 0.3 is 5.97 Å². The summed E-state index contributed by atoms with van der Waals surface area (Å²) in [6.07, 6.45) is 0. The number of hydrogen-bond donors (Lipinski definition) is 1. The molecule has 0 bridgehead atoms. The van der Waals surface area contributed by atoms with Crippen LogP contribution in [0.25, 0.3) is 11.0 Å². The van der Waals surface area contributed by atoms with Gasteiger partial charge in [0, 0.05) is 16.5 Å². The van der Waals surface area contributed by atoms with Crippen LogP contribution in [0, 0.1) is 6.92 Å². The minimum atomic E-state index is -0.632. The lowest BCUT2D eigenvalue weighted by molar-refractivity contribution is -0.125. The molecule has 0 unspecified atom stereocenters. The van der Waals surface area contributed by atoms with Gasteiger partial charge in [0.15, 0.2) is 6.61 Å². The minimum Gasteiger partial charge on any atom is -0.450 e. The fraction of sp³-hybridized carbons (Fsp3) is 0.375. The van der Waals surface area contributed by atoms with Crippen LogP contribution in [0.2, 0.25) is 0 Å². The first-order chi connectivity index (χ1) is 9.78. The molecule has 0 fully saturated rings. The third kappa shape index (κ3) is 3.62. The maximum absolute atomic E-state index is 12.0. The Bertz CT molecular complexity index is 679. The Morgan fingerprint density at radius 3 is 2.52 bits per heavy atom. The Balaban J connectivity index is 2.06. The molecule has 0 atom stereocenters. The summed E-state index contributed by atoms with van der Waals surface area (Å²) in [5.74, 6) is -0.836. The van der Waals surface area contributed by atoms with E-state index in [1.165, 1.54) is 0 Å². The van der Waals surface area contributed by atoms with E-state index < -0.39 is 5.97 Å². The Kier molecular flexibility index (Phi) is 4.02. The minimum absolute atomic E-state index is 0.139. The highest BCUT2D eigenvalue weighted by Gasteiger charge is 2.21. The number of nitrogens with one attached hydrogen (secondary N) is 1. The number of hydrogen-bond acceptors (Lipinski definition) is 4. The van der Waals surface area contributed by atoms with Gasteiger partial charge < -0.3 is 14.5 Å². The number of fused-ring (bicyclic) bond motifs is 1. The zero-order valence-corrected chi connectivity index (χ0v) is 12.6. The third-order valence-electron chi connectivity index (χ3n) is 2.88. The van der Waals surface area contributed by atoms with E-state index in [0.29, 0.717) is 11.1 Å². The summed E-state index contributed by atoms with van der Waals surface area (Å²) in [5.41, 5.74) is 0.978. The van der Waals surface area contributed by atoms with E-state index in [4.69, 9.17) is 9.15 Å². The summed E-state index contributed by atoms with van der Waals surface area (Å²) in [5, 5.41) is 3.58. The van der Waals surface area contributed by atoms with E-state index >= 15 is 0 Å². The van der Waals surface area contributed by atoms with Crippen molar-refractivity contribution in [1.29, 1.82) is 0 Å². The maximum Gasteiger partial charge on any atom is 0.375 e. The summed E-state index contributed by atoms with van der Waals surface area (Å²) >= 11 is 0. The molecule has 1 N–H and O–H groups in total. The van der Waals surface area contributed by atoms with Gasteiger partial charge in [0.25, 0.3) is 5.91 Å². The molecule has 2 aromatic rings. The van der Waals surface area contributed by atoms with Crippen molar-refractivity contribution in [3.8, 4) is 0 Å². The Morgan fingerprint density at radius 2 is 1.90 bits per heavy atom. The van der Waals surface area contributed by atoms with E-state index in [1.807, 2.05) is 39.0 Å². The van der Waals surface area contributed by atoms with E-state index in [-0.39, 0.29) is 23.8 Å². The number of rotatable bonds is 3. The molecule has 1 aromatic heterocycles. The zero-order chi connectivity index (χ0) is 15.6. The van der Waals surface area contributed by atoms with Gasteiger partial charge in [-0.2, -0.15) is 0 Å². The van der Waals surface area contributed by atoms with Crippen molar-refractivity contribution in [1.82, 2.24) is 5.32 Å². The summed E-state index contributed by atoms with van der Waals surface area (Å²) in [7, 11) is 0. The first-order valence-corrected chi connectivity index (χ1v) is 6.74. The van der Waals surface area contributed by atoms with Gasteiger partial charge in [-0.25, -0.2) is 4.79 Å². The van der Waals surface area contributed by atoms with Crippen LogP contribution in [0.5, 0.6) is 0 Å². The summed E-state index contributed by atoms with van der Waals surface area (Å²) in [6, 6.07) is 7.36. The second-order valence-electron chi connectivity index (χ2n) is 5.93. The third-order valence-corrected chi connectivity index (χ3v) is 2.88. The first kappa shape index (κ1) is 15.1. The molecular formula is C16H19NO4. The lowest BCUT2D eigenvalue weighted by atomic mass is 10.1. The van der Waals surface area contributed by atoms with Crippen molar-refractivity contribution >= 4 is 22.8 Å². The lowest BCUT2D eigenvalue weighted by Crippen LogP contribution is -2.42. The predicted octanol–water partition coefficient (Wildman–Crippen LogP) is 2.81.